The number of aryl methyl sites for hydroxylation is 2. The van der Waals surface area contributed by atoms with Gasteiger partial charge in [-0.15, -0.1) is 22.7 Å². The van der Waals surface area contributed by atoms with Gasteiger partial charge in [0.25, 0.3) is 11.8 Å². The van der Waals surface area contributed by atoms with Crippen LogP contribution in [0, 0.1) is 13.8 Å². The first kappa shape index (κ1) is 23.3. The minimum atomic E-state index is -0.334. The van der Waals surface area contributed by atoms with Crippen LogP contribution < -0.4 is 5.32 Å². The first-order chi connectivity index (χ1) is 14.8. The van der Waals surface area contributed by atoms with Crippen LogP contribution in [-0.4, -0.2) is 58.4 Å². The summed E-state index contributed by atoms with van der Waals surface area (Å²) in [4.78, 5) is 48.3. The number of ether oxygens (including phenoxy) is 1. The van der Waals surface area contributed by atoms with E-state index in [1.165, 1.54) is 22.7 Å². The molecule has 1 atom stereocenters. The lowest BCUT2D eigenvalue weighted by atomic mass is 9.97. The summed E-state index contributed by atoms with van der Waals surface area (Å²) in [5, 5.41) is 6.37. The predicted octanol–water partition coefficient (Wildman–Crippen LogP) is 3.31. The normalized spacial score (nSPS) is 15.5. The highest BCUT2D eigenvalue weighted by atomic mass is 32.1. The number of carbonyl (C=O) groups is 3. The summed E-state index contributed by atoms with van der Waals surface area (Å²) in [6, 6.07) is -0.329. The average Bonchev–Trinajstić information content (AvgIpc) is 3.34. The van der Waals surface area contributed by atoms with Gasteiger partial charge in [0.15, 0.2) is 0 Å². The van der Waals surface area contributed by atoms with Crippen molar-refractivity contribution in [3.63, 3.8) is 0 Å². The standard InChI is InChI=1S/C21H28N4O4S2/c1-5-29-17(26)10-12(2)22-19(27)16-11-30-20(24-16)15-6-8-25(9-7-15)21(28)18-13(3)23-14(4)31-18/h11-12,15H,5-10H2,1-4H3,(H,22,27). The number of thiazole rings is 2. The molecule has 3 rings (SSSR count). The molecule has 1 unspecified atom stereocenters. The third-order valence-corrected chi connectivity index (χ3v) is 7.21. The number of nitrogens with one attached hydrogen (secondary N) is 1. The molecule has 1 saturated heterocycles. The molecule has 2 aromatic heterocycles. The van der Waals surface area contributed by atoms with E-state index >= 15 is 0 Å². The average molecular weight is 465 g/mol. The zero-order chi connectivity index (χ0) is 22.5. The number of piperidine rings is 1. The first-order valence-electron chi connectivity index (χ1n) is 10.4. The number of likely N-dealkylation sites (tertiary alicyclic amines) is 1. The zero-order valence-electron chi connectivity index (χ0n) is 18.3. The number of rotatable bonds is 7. The molecular weight excluding hydrogens is 436 g/mol. The maximum Gasteiger partial charge on any atom is 0.307 e. The number of esters is 1. The van der Waals surface area contributed by atoms with Crippen LogP contribution in [0.5, 0.6) is 0 Å². The van der Waals surface area contributed by atoms with Gasteiger partial charge in [-0.25, -0.2) is 9.97 Å². The van der Waals surface area contributed by atoms with E-state index in [1.807, 2.05) is 18.7 Å². The van der Waals surface area contributed by atoms with Crippen molar-refractivity contribution >= 4 is 40.5 Å². The van der Waals surface area contributed by atoms with Gasteiger partial charge in [-0.2, -0.15) is 0 Å². The Labute approximate surface area is 190 Å². The van der Waals surface area contributed by atoms with Gasteiger partial charge < -0.3 is 15.0 Å². The maximum absolute atomic E-state index is 12.8. The quantitative estimate of drug-likeness (QED) is 0.631. The molecule has 8 nitrogen and oxygen atoms in total. The number of nitrogens with zero attached hydrogens (tertiary/aromatic N) is 3. The molecular formula is C21H28N4O4S2. The number of carbonyl (C=O) groups excluding carboxylic acids is 3. The molecule has 0 saturated carbocycles. The highest BCUT2D eigenvalue weighted by Gasteiger charge is 2.28. The molecule has 2 amide bonds. The molecule has 0 radical (unpaired) electrons. The van der Waals surface area contributed by atoms with Crippen molar-refractivity contribution in [2.24, 2.45) is 0 Å². The second-order valence-electron chi connectivity index (χ2n) is 7.67. The molecule has 10 heteroatoms. The third-order valence-electron chi connectivity index (χ3n) is 5.14. The summed E-state index contributed by atoms with van der Waals surface area (Å²) in [6.07, 6.45) is 1.76. The van der Waals surface area contributed by atoms with E-state index in [9.17, 15) is 14.4 Å². The molecule has 1 N–H and O–H groups in total. The Balaban J connectivity index is 1.53. The van der Waals surface area contributed by atoms with Crippen molar-refractivity contribution in [2.75, 3.05) is 19.7 Å². The molecule has 0 aromatic carbocycles. The molecule has 2 aromatic rings. The fraction of sp³-hybridized carbons (Fsp3) is 0.571. The van der Waals surface area contributed by atoms with Crippen LogP contribution in [0.25, 0.3) is 0 Å². The minimum Gasteiger partial charge on any atom is -0.466 e. The topological polar surface area (TPSA) is 101 Å². The molecule has 1 aliphatic rings. The molecule has 1 fully saturated rings. The van der Waals surface area contributed by atoms with Crippen molar-refractivity contribution in [3.8, 4) is 0 Å². The number of aromatic nitrogens is 2. The zero-order valence-corrected chi connectivity index (χ0v) is 19.9. The van der Waals surface area contributed by atoms with Crippen molar-refractivity contribution < 1.29 is 19.1 Å². The van der Waals surface area contributed by atoms with E-state index in [1.54, 1.807) is 19.2 Å². The number of amides is 2. The van der Waals surface area contributed by atoms with Gasteiger partial charge in [0.1, 0.15) is 10.6 Å². The fourth-order valence-corrected chi connectivity index (χ4v) is 5.46. The summed E-state index contributed by atoms with van der Waals surface area (Å²) in [7, 11) is 0. The van der Waals surface area contributed by atoms with Crippen LogP contribution in [-0.2, 0) is 9.53 Å². The molecule has 0 spiro atoms. The van der Waals surface area contributed by atoms with Gasteiger partial charge in [-0.3, -0.25) is 14.4 Å². The first-order valence-corrected chi connectivity index (χ1v) is 12.1. The smallest absolute Gasteiger partial charge is 0.307 e. The molecule has 0 bridgehead atoms. The second kappa shape index (κ2) is 10.3. The van der Waals surface area contributed by atoms with E-state index < -0.39 is 0 Å². The number of hydrogen-bond donors (Lipinski definition) is 1. The molecule has 31 heavy (non-hydrogen) atoms. The Morgan fingerprint density at radius 3 is 2.58 bits per heavy atom. The highest BCUT2D eigenvalue weighted by Crippen LogP contribution is 2.31. The van der Waals surface area contributed by atoms with Gasteiger partial charge in [-0.1, -0.05) is 0 Å². The van der Waals surface area contributed by atoms with Crippen molar-refractivity contribution in [1.29, 1.82) is 0 Å². The van der Waals surface area contributed by atoms with Crippen LogP contribution in [0.15, 0.2) is 5.38 Å². The Hall–Kier alpha value is -2.33. The van der Waals surface area contributed by atoms with Crippen LogP contribution in [0.3, 0.4) is 0 Å². The molecule has 0 aliphatic carbocycles. The van der Waals surface area contributed by atoms with E-state index in [0.717, 1.165) is 33.4 Å². The molecule has 1 aliphatic heterocycles. The van der Waals surface area contributed by atoms with E-state index in [-0.39, 0.29) is 36.2 Å². The maximum atomic E-state index is 12.8. The van der Waals surface area contributed by atoms with Crippen molar-refractivity contribution in [3.05, 3.63) is 31.7 Å². The van der Waals surface area contributed by atoms with Gasteiger partial charge in [0.05, 0.1) is 28.7 Å². The third kappa shape index (κ3) is 5.88. The summed E-state index contributed by atoms with van der Waals surface area (Å²) >= 11 is 2.92. The number of hydrogen-bond acceptors (Lipinski definition) is 8. The van der Waals surface area contributed by atoms with Gasteiger partial charge in [-0.05, 0) is 40.5 Å². The monoisotopic (exact) mass is 464 g/mol. The summed E-state index contributed by atoms with van der Waals surface area (Å²) < 4.78 is 4.91. The minimum absolute atomic E-state index is 0.0522. The lowest BCUT2D eigenvalue weighted by Gasteiger charge is -2.30. The van der Waals surface area contributed by atoms with Crippen LogP contribution >= 0.6 is 22.7 Å². The Kier molecular flexibility index (Phi) is 7.77. The summed E-state index contributed by atoms with van der Waals surface area (Å²) in [6.45, 7) is 8.95. The van der Waals surface area contributed by atoms with Crippen LogP contribution in [0.2, 0.25) is 0 Å². The predicted molar refractivity (Wildman–Crippen MR) is 120 cm³/mol. The van der Waals surface area contributed by atoms with E-state index in [2.05, 4.69) is 15.3 Å². The van der Waals surface area contributed by atoms with Crippen molar-refractivity contribution in [1.82, 2.24) is 20.2 Å². The highest BCUT2D eigenvalue weighted by molar-refractivity contribution is 7.13. The van der Waals surface area contributed by atoms with Gasteiger partial charge in [0, 0.05) is 30.4 Å². The Morgan fingerprint density at radius 2 is 1.97 bits per heavy atom. The molecule has 3 heterocycles. The second-order valence-corrected chi connectivity index (χ2v) is 9.76. The van der Waals surface area contributed by atoms with E-state index in [0.29, 0.717) is 25.4 Å². The Bertz CT molecular complexity index is 947. The van der Waals surface area contributed by atoms with Gasteiger partial charge in [0.2, 0.25) is 0 Å². The van der Waals surface area contributed by atoms with Crippen molar-refractivity contribution in [2.45, 2.75) is 58.9 Å². The molecule has 168 valence electrons. The van der Waals surface area contributed by atoms with Crippen LogP contribution in [0.1, 0.15) is 74.9 Å². The Morgan fingerprint density at radius 1 is 1.26 bits per heavy atom. The SMILES string of the molecule is CCOC(=O)CC(C)NC(=O)c1csc(C2CCN(C(=O)c3sc(C)nc3C)CC2)n1. The lowest BCUT2D eigenvalue weighted by Crippen LogP contribution is -2.38. The lowest BCUT2D eigenvalue weighted by molar-refractivity contribution is -0.143. The fourth-order valence-electron chi connectivity index (χ4n) is 3.60. The summed E-state index contributed by atoms with van der Waals surface area (Å²) in [5.74, 6) is -0.338. The van der Waals surface area contributed by atoms with Gasteiger partial charge >= 0.3 is 5.97 Å². The van der Waals surface area contributed by atoms with Crippen LogP contribution in [0.4, 0.5) is 0 Å². The van der Waals surface area contributed by atoms with E-state index in [4.69, 9.17) is 4.74 Å². The largest absolute Gasteiger partial charge is 0.466 e. The summed E-state index contributed by atoms with van der Waals surface area (Å²) in [5.41, 5.74) is 1.16.